The summed E-state index contributed by atoms with van der Waals surface area (Å²) in [5.41, 5.74) is 2.00. The van der Waals surface area contributed by atoms with Gasteiger partial charge in [-0.05, 0) is 35.2 Å². The van der Waals surface area contributed by atoms with Crippen LogP contribution >= 0.6 is 0 Å². The zero-order valence-electron chi connectivity index (χ0n) is 12.0. The van der Waals surface area contributed by atoms with Crippen molar-refractivity contribution in [2.24, 2.45) is 0 Å². The van der Waals surface area contributed by atoms with E-state index in [2.05, 4.69) is 26.1 Å². The van der Waals surface area contributed by atoms with Crippen LogP contribution in [0.3, 0.4) is 0 Å². The van der Waals surface area contributed by atoms with E-state index in [1.54, 1.807) is 0 Å². The Bertz CT molecular complexity index is 568. The van der Waals surface area contributed by atoms with E-state index in [9.17, 15) is 4.79 Å². The fourth-order valence-corrected chi connectivity index (χ4v) is 1.79. The minimum Gasteiger partial charge on any atom is -0.410 e. The molecule has 0 atom stereocenters. The van der Waals surface area contributed by atoms with Crippen molar-refractivity contribution < 1.29 is 9.53 Å². The summed E-state index contributed by atoms with van der Waals surface area (Å²) < 4.78 is 5.24. The minimum absolute atomic E-state index is 0.0881. The molecule has 2 rings (SSSR count). The highest BCUT2D eigenvalue weighted by atomic mass is 16.6. The molecule has 0 spiro atoms. The maximum absolute atomic E-state index is 11.7. The van der Waals surface area contributed by atoms with Crippen LogP contribution in [0.1, 0.15) is 26.3 Å². The monoisotopic (exact) mass is 269 g/mol. The van der Waals surface area contributed by atoms with Crippen LogP contribution in [-0.2, 0) is 5.41 Å². The van der Waals surface area contributed by atoms with E-state index in [-0.39, 0.29) is 5.41 Å². The molecule has 1 amide bonds. The van der Waals surface area contributed by atoms with Gasteiger partial charge < -0.3 is 4.74 Å². The predicted molar refractivity (Wildman–Crippen MR) is 81.2 cm³/mol. The molecule has 0 heterocycles. The molecule has 2 aromatic rings. The Morgan fingerprint density at radius 1 is 0.950 bits per heavy atom. The van der Waals surface area contributed by atoms with Crippen LogP contribution in [0.15, 0.2) is 54.6 Å². The fraction of sp³-hybridized carbons (Fsp3) is 0.235. The molecule has 3 heteroatoms. The second-order valence-corrected chi connectivity index (χ2v) is 5.65. The normalized spacial score (nSPS) is 10.9. The molecule has 0 radical (unpaired) electrons. The summed E-state index contributed by atoms with van der Waals surface area (Å²) in [6.45, 7) is 6.43. The number of amides is 1. The van der Waals surface area contributed by atoms with Gasteiger partial charge in [0.2, 0.25) is 0 Å². The van der Waals surface area contributed by atoms with Gasteiger partial charge in [0.25, 0.3) is 0 Å². The molecule has 0 aliphatic heterocycles. The summed E-state index contributed by atoms with van der Waals surface area (Å²) in [6, 6.07) is 16.8. The van der Waals surface area contributed by atoms with E-state index >= 15 is 0 Å². The molecule has 0 aromatic heterocycles. The maximum atomic E-state index is 11.7. The molecule has 0 fully saturated rings. The smallest absolute Gasteiger partial charge is 0.410 e. The lowest BCUT2D eigenvalue weighted by molar-refractivity contribution is 0.215. The highest BCUT2D eigenvalue weighted by Crippen LogP contribution is 2.24. The minimum atomic E-state index is -0.486. The average molecular weight is 269 g/mol. The fourth-order valence-electron chi connectivity index (χ4n) is 1.79. The number of rotatable bonds is 2. The second kappa shape index (κ2) is 5.78. The number of nitrogens with one attached hydrogen (secondary N) is 1. The van der Waals surface area contributed by atoms with E-state index < -0.39 is 6.09 Å². The van der Waals surface area contributed by atoms with Gasteiger partial charge in [0, 0.05) is 5.69 Å². The van der Waals surface area contributed by atoms with Crippen molar-refractivity contribution in [2.45, 2.75) is 26.2 Å². The van der Waals surface area contributed by atoms with Gasteiger partial charge in [-0.15, -0.1) is 0 Å². The molecule has 20 heavy (non-hydrogen) atoms. The zero-order chi connectivity index (χ0) is 14.6. The largest absolute Gasteiger partial charge is 0.417 e. The first kappa shape index (κ1) is 14.1. The van der Waals surface area contributed by atoms with Crippen molar-refractivity contribution in [3.8, 4) is 5.75 Å². The Hall–Kier alpha value is -2.29. The van der Waals surface area contributed by atoms with Crippen LogP contribution < -0.4 is 10.1 Å². The van der Waals surface area contributed by atoms with Gasteiger partial charge >= 0.3 is 6.09 Å². The molecule has 0 saturated carbocycles. The summed E-state index contributed by atoms with van der Waals surface area (Å²) in [5, 5.41) is 2.67. The Morgan fingerprint density at radius 3 is 2.10 bits per heavy atom. The van der Waals surface area contributed by atoms with Crippen molar-refractivity contribution in [1.29, 1.82) is 0 Å². The first-order valence-corrected chi connectivity index (χ1v) is 6.59. The molecule has 3 nitrogen and oxygen atoms in total. The van der Waals surface area contributed by atoms with E-state index in [4.69, 9.17) is 4.74 Å². The number of para-hydroxylation sites is 1. The van der Waals surface area contributed by atoms with Crippen molar-refractivity contribution in [2.75, 3.05) is 5.32 Å². The van der Waals surface area contributed by atoms with E-state index in [1.807, 2.05) is 54.6 Å². The third-order valence-corrected chi connectivity index (χ3v) is 2.95. The second-order valence-electron chi connectivity index (χ2n) is 5.65. The predicted octanol–water partition coefficient (Wildman–Crippen LogP) is 4.60. The van der Waals surface area contributed by atoms with Gasteiger partial charge in [0.05, 0.1) is 0 Å². The first-order valence-electron chi connectivity index (χ1n) is 6.59. The van der Waals surface area contributed by atoms with Gasteiger partial charge in [-0.2, -0.15) is 0 Å². The Balaban J connectivity index is 1.98. The maximum Gasteiger partial charge on any atom is 0.417 e. The van der Waals surface area contributed by atoms with E-state index in [0.29, 0.717) is 11.4 Å². The number of carbonyl (C=O) groups is 1. The first-order chi connectivity index (χ1) is 9.45. The number of hydrogen-bond donors (Lipinski definition) is 1. The lowest BCUT2D eigenvalue weighted by atomic mass is 9.87. The molecular formula is C17H19NO2. The van der Waals surface area contributed by atoms with Gasteiger partial charge in [0.15, 0.2) is 0 Å². The summed E-state index contributed by atoms with van der Waals surface area (Å²) in [5.74, 6) is 0.534. The molecular weight excluding hydrogens is 250 g/mol. The van der Waals surface area contributed by atoms with Crippen LogP contribution in [0.25, 0.3) is 0 Å². The van der Waals surface area contributed by atoms with Crippen LogP contribution in [-0.4, -0.2) is 6.09 Å². The van der Waals surface area contributed by atoms with Crippen molar-refractivity contribution in [3.63, 3.8) is 0 Å². The summed E-state index contributed by atoms with van der Waals surface area (Å²) in [6.07, 6.45) is -0.486. The van der Waals surface area contributed by atoms with E-state index in [1.165, 1.54) is 5.56 Å². The topological polar surface area (TPSA) is 38.3 Å². The molecule has 2 aromatic carbocycles. The number of benzene rings is 2. The quantitative estimate of drug-likeness (QED) is 0.865. The van der Waals surface area contributed by atoms with Gasteiger partial charge in [0.1, 0.15) is 5.75 Å². The number of ether oxygens (including phenoxy) is 1. The van der Waals surface area contributed by atoms with Crippen LogP contribution in [0, 0.1) is 0 Å². The Morgan fingerprint density at radius 2 is 1.55 bits per heavy atom. The van der Waals surface area contributed by atoms with Crippen molar-refractivity contribution >= 4 is 11.8 Å². The SMILES string of the molecule is CC(C)(C)c1ccc(OC(=O)Nc2ccccc2)cc1. The Kier molecular flexibility index (Phi) is 4.08. The average Bonchev–Trinajstić information content (AvgIpc) is 2.39. The molecule has 0 bridgehead atoms. The van der Waals surface area contributed by atoms with Gasteiger partial charge in [-0.1, -0.05) is 51.1 Å². The van der Waals surface area contributed by atoms with Crippen molar-refractivity contribution in [1.82, 2.24) is 0 Å². The molecule has 0 aliphatic rings. The highest BCUT2D eigenvalue weighted by molar-refractivity contribution is 5.86. The number of carbonyl (C=O) groups excluding carboxylic acids is 1. The van der Waals surface area contributed by atoms with E-state index in [0.717, 1.165) is 0 Å². The zero-order valence-corrected chi connectivity index (χ0v) is 12.0. The molecule has 0 saturated heterocycles. The van der Waals surface area contributed by atoms with Crippen LogP contribution in [0.4, 0.5) is 10.5 Å². The third kappa shape index (κ3) is 3.85. The number of anilines is 1. The van der Waals surface area contributed by atoms with Crippen molar-refractivity contribution in [3.05, 3.63) is 60.2 Å². The van der Waals surface area contributed by atoms with Crippen LogP contribution in [0.5, 0.6) is 5.75 Å². The lowest BCUT2D eigenvalue weighted by Gasteiger charge is -2.19. The van der Waals surface area contributed by atoms with Gasteiger partial charge in [-0.3, -0.25) is 5.32 Å². The standard InChI is InChI=1S/C17H19NO2/c1-17(2,3)13-9-11-15(12-10-13)20-16(19)18-14-7-5-4-6-8-14/h4-12H,1-3H3,(H,18,19). The lowest BCUT2D eigenvalue weighted by Crippen LogP contribution is -2.17. The molecule has 1 N–H and O–H groups in total. The van der Waals surface area contributed by atoms with Gasteiger partial charge in [-0.25, -0.2) is 4.79 Å². The molecule has 0 unspecified atom stereocenters. The highest BCUT2D eigenvalue weighted by Gasteiger charge is 2.13. The third-order valence-electron chi connectivity index (χ3n) is 2.95. The summed E-state index contributed by atoms with van der Waals surface area (Å²) in [4.78, 5) is 11.7. The summed E-state index contributed by atoms with van der Waals surface area (Å²) >= 11 is 0. The molecule has 0 aliphatic carbocycles. The molecule has 104 valence electrons. The number of hydrogen-bond acceptors (Lipinski definition) is 2. The Labute approximate surface area is 119 Å². The summed E-state index contributed by atoms with van der Waals surface area (Å²) in [7, 11) is 0. The van der Waals surface area contributed by atoms with Crippen LogP contribution in [0.2, 0.25) is 0 Å².